The van der Waals surface area contributed by atoms with Crippen LogP contribution in [0.15, 0.2) is 65.7 Å². The van der Waals surface area contributed by atoms with E-state index in [1.54, 1.807) is 0 Å². The highest BCUT2D eigenvalue weighted by Gasteiger charge is 2.19. The summed E-state index contributed by atoms with van der Waals surface area (Å²) in [6, 6.07) is 19.3. The fourth-order valence-corrected chi connectivity index (χ4v) is 4.43. The highest BCUT2D eigenvalue weighted by atomic mass is 35.5. The highest BCUT2D eigenvalue weighted by Crippen LogP contribution is 2.30. The molecule has 2 aromatic carbocycles. The number of hydrogen-bond donors (Lipinski definition) is 0. The monoisotopic (exact) mass is 484 g/mol. The second kappa shape index (κ2) is 11.4. The minimum Gasteiger partial charge on any atom is -0.378 e. The van der Waals surface area contributed by atoms with Crippen LogP contribution in [-0.2, 0) is 4.74 Å². The lowest BCUT2D eigenvalue weighted by molar-refractivity contribution is 0.0638. The number of carbonyl (C=O) groups is 1. The number of rotatable bonds is 5. The van der Waals surface area contributed by atoms with Crippen LogP contribution in [0.2, 0.25) is 0 Å². The smallest absolute Gasteiger partial charge is 0.202 e. The standard InChI is InChI=1S/C25H28N4O2S.ClH/c1-18(20-10-7-11-21(16-20)24(30)19-8-5-4-6-9-19)22-17-23(32-27-22)26-25(28(2)3)29-12-14-31-15-13-29;/h4-11,16-18H,12-15H2,1-3H3;1H. The number of carbonyl (C=O) groups excluding carboxylic acids is 1. The normalized spacial score (nSPS) is 15.0. The number of nitrogens with zero attached hydrogens (tertiary/aromatic N) is 4. The molecule has 0 radical (unpaired) electrons. The summed E-state index contributed by atoms with van der Waals surface area (Å²) >= 11 is 1.40. The molecule has 6 nitrogen and oxygen atoms in total. The van der Waals surface area contributed by atoms with E-state index < -0.39 is 0 Å². The third kappa shape index (κ3) is 5.99. The largest absolute Gasteiger partial charge is 0.378 e. The van der Waals surface area contributed by atoms with Crippen LogP contribution in [0.4, 0.5) is 5.00 Å². The summed E-state index contributed by atoms with van der Waals surface area (Å²) in [4.78, 5) is 22.0. The summed E-state index contributed by atoms with van der Waals surface area (Å²) in [6.45, 7) is 5.22. The van der Waals surface area contributed by atoms with Gasteiger partial charge in [-0.15, -0.1) is 12.4 Å². The molecule has 0 spiro atoms. The fourth-order valence-electron chi connectivity index (χ4n) is 3.73. The molecule has 33 heavy (non-hydrogen) atoms. The summed E-state index contributed by atoms with van der Waals surface area (Å²) in [5.41, 5.74) is 3.41. The zero-order valence-corrected chi connectivity index (χ0v) is 20.7. The molecule has 3 aromatic rings. The summed E-state index contributed by atoms with van der Waals surface area (Å²) < 4.78 is 10.1. The molecule has 0 aliphatic carbocycles. The van der Waals surface area contributed by atoms with Crippen molar-refractivity contribution in [2.75, 3.05) is 40.4 Å². The van der Waals surface area contributed by atoms with E-state index in [1.807, 2.05) is 79.7 Å². The van der Waals surface area contributed by atoms with Gasteiger partial charge in [-0.2, -0.15) is 4.37 Å². The van der Waals surface area contributed by atoms with Gasteiger partial charge in [0.15, 0.2) is 5.78 Å². The van der Waals surface area contributed by atoms with Gasteiger partial charge in [0.2, 0.25) is 5.96 Å². The van der Waals surface area contributed by atoms with E-state index in [0.717, 1.165) is 48.5 Å². The SMILES string of the molecule is CC(c1cccc(C(=O)c2ccccc2)c1)c1cc(N=C(N(C)C)N2CCOCC2)sn1.Cl. The number of aromatic nitrogens is 1. The van der Waals surface area contributed by atoms with E-state index in [9.17, 15) is 4.79 Å². The molecule has 1 atom stereocenters. The van der Waals surface area contributed by atoms with Gasteiger partial charge in [0.1, 0.15) is 5.00 Å². The van der Waals surface area contributed by atoms with E-state index in [-0.39, 0.29) is 24.1 Å². The van der Waals surface area contributed by atoms with E-state index in [4.69, 9.17) is 9.73 Å². The molecule has 1 aliphatic rings. The third-order valence-electron chi connectivity index (χ3n) is 5.55. The topological polar surface area (TPSA) is 58.0 Å². The van der Waals surface area contributed by atoms with Gasteiger partial charge in [0, 0.05) is 44.2 Å². The Bertz CT molecular complexity index is 1090. The second-order valence-electron chi connectivity index (χ2n) is 8.04. The second-order valence-corrected chi connectivity index (χ2v) is 8.82. The van der Waals surface area contributed by atoms with Crippen LogP contribution in [-0.4, -0.2) is 66.3 Å². The van der Waals surface area contributed by atoms with Gasteiger partial charge in [-0.3, -0.25) is 4.79 Å². The number of aliphatic imine (C=N–C) groups is 1. The predicted molar refractivity (Wildman–Crippen MR) is 136 cm³/mol. The molecule has 1 unspecified atom stereocenters. The van der Waals surface area contributed by atoms with Gasteiger partial charge in [-0.1, -0.05) is 55.5 Å². The first-order valence-electron chi connectivity index (χ1n) is 10.8. The van der Waals surface area contributed by atoms with Crippen molar-refractivity contribution >= 4 is 40.7 Å². The van der Waals surface area contributed by atoms with Gasteiger partial charge in [0.25, 0.3) is 0 Å². The molecule has 4 rings (SSSR count). The van der Waals surface area contributed by atoms with Crippen molar-refractivity contribution in [2.24, 2.45) is 4.99 Å². The number of morpholine rings is 1. The number of ether oxygens (including phenoxy) is 1. The highest BCUT2D eigenvalue weighted by molar-refractivity contribution is 7.09. The minimum absolute atomic E-state index is 0. The van der Waals surface area contributed by atoms with Crippen molar-refractivity contribution < 1.29 is 9.53 Å². The Kier molecular flexibility index (Phi) is 8.61. The lowest BCUT2D eigenvalue weighted by Crippen LogP contribution is -2.46. The summed E-state index contributed by atoms with van der Waals surface area (Å²) in [7, 11) is 4.02. The number of hydrogen-bond acceptors (Lipinski definition) is 5. The summed E-state index contributed by atoms with van der Waals surface area (Å²) in [5.74, 6) is 1.01. The Morgan fingerprint density at radius 2 is 1.76 bits per heavy atom. The van der Waals surface area contributed by atoms with E-state index >= 15 is 0 Å². The van der Waals surface area contributed by atoms with Crippen LogP contribution in [0.1, 0.15) is 40.0 Å². The molecule has 0 amide bonds. The maximum atomic E-state index is 12.8. The Hall–Kier alpha value is -2.74. The molecular weight excluding hydrogens is 456 g/mol. The number of halogens is 1. The fraction of sp³-hybridized carbons (Fsp3) is 0.320. The average molecular weight is 485 g/mol. The number of benzene rings is 2. The Balaban J connectivity index is 0.00000306. The molecular formula is C25H29ClN4O2S. The van der Waals surface area contributed by atoms with Gasteiger partial charge < -0.3 is 14.5 Å². The Labute approximate surface area is 205 Å². The van der Waals surface area contributed by atoms with Crippen molar-refractivity contribution in [2.45, 2.75) is 12.8 Å². The van der Waals surface area contributed by atoms with Crippen molar-refractivity contribution in [3.8, 4) is 0 Å². The van der Waals surface area contributed by atoms with Crippen molar-refractivity contribution in [3.05, 3.63) is 83.0 Å². The molecule has 1 aliphatic heterocycles. The van der Waals surface area contributed by atoms with Crippen molar-refractivity contribution in [3.63, 3.8) is 0 Å². The Morgan fingerprint density at radius 1 is 1.06 bits per heavy atom. The minimum atomic E-state index is 0. The number of guanidine groups is 1. The molecule has 0 bridgehead atoms. The van der Waals surface area contributed by atoms with Crippen LogP contribution in [0, 0.1) is 0 Å². The van der Waals surface area contributed by atoms with Gasteiger partial charge >= 0.3 is 0 Å². The van der Waals surface area contributed by atoms with Crippen molar-refractivity contribution in [1.82, 2.24) is 14.2 Å². The molecule has 0 N–H and O–H groups in total. The first-order valence-corrected chi connectivity index (χ1v) is 11.6. The van der Waals surface area contributed by atoms with Crippen LogP contribution in [0.25, 0.3) is 0 Å². The molecule has 1 saturated heterocycles. The van der Waals surface area contributed by atoms with E-state index in [1.165, 1.54) is 11.5 Å². The van der Waals surface area contributed by atoms with Crippen LogP contribution in [0.5, 0.6) is 0 Å². The van der Waals surface area contributed by atoms with E-state index in [2.05, 4.69) is 16.2 Å². The molecule has 1 fully saturated rings. The number of ketones is 1. The summed E-state index contributed by atoms with van der Waals surface area (Å²) in [6.07, 6.45) is 0. The molecule has 2 heterocycles. The van der Waals surface area contributed by atoms with Gasteiger partial charge in [-0.25, -0.2) is 4.99 Å². The van der Waals surface area contributed by atoms with Crippen LogP contribution >= 0.6 is 23.9 Å². The lowest BCUT2D eigenvalue weighted by Gasteiger charge is -2.32. The third-order valence-corrected chi connectivity index (χ3v) is 6.25. The van der Waals surface area contributed by atoms with Gasteiger partial charge in [0.05, 0.1) is 18.9 Å². The summed E-state index contributed by atoms with van der Waals surface area (Å²) in [5, 5.41) is 0.874. The first kappa shape index (κ1) is 24.9. The quantitative estimate of drug-likeness (QED) is 0.295. The maximum absolute atomic E-state index is 12.8. The van der Waals surface area contributed by atoms with Crippen molar-refractivity contribution in [1.29, 1.82) is 0 Å². The zero-order chi connectivity index (χ0) is 22.5. The predicted octanol–water partition coefficient (Wildman–Crippen LogP) is 4.83. The average Bonchev–Trinajstić information content (AvgIpc) is 3.31. The maximum Gasteiger partial charge on any atom is 0.202 e. The van der Waals surface area contributed by atoms with Gasteiger partial charge in [-0.05, 0) is 29.2 Å². The zero-order valence-electron chi connectivity index (χ0n) is 19.1. The first-order chi connectivity index (χ1) is 15.5. The molecule has 8 heteroatoms. The van der Waals surface area contributed by atoms with E-state index in [0.29, 0.717) is 11.1 Å². The molecule has 0 saturated carbocycles. The van der Waals surface area contributed by atoms with Crippen LogP contribution in [0.3, 0.4) is 0 Å². The molecule has 174 valence electrons. The Morgan fingerprint density at radius 3 is 2.45 bits per heavy atom. The lowest BCUT2D eigenvalue weighted by atomic mass is 9.94. The molecule has 1 aromatic heterocycles. The van der Waals surface area contributed by atoms with Crippen LogP contribution < -0.4 is 0 Å².